The molecule has 6 nitrogen and oxygen atoms in total. The van der Waals surface area contributed by atoms with E-state index in [9.17, 15) is 9.59 Å². The fourth-order valence-corrected chi connectivity index (χ4v) is 2.44. The molecule has 26 heavy (non-hydrogen) atoms. The maximum Gasteiger partial charge on any atom is 0.338 e. The Morgan fingerprint density at radius 3 is 2.19 bits per heavy atom. The molecule has 0 aliphatic carbocycles. The molecule has 2 aromatic carbocycles. The molecule has 0 aromatic heterocycles. The topological polar surface area (TPSA) is 82.4 Å². The Kier molecular flexibility index (Phi) is 6.75. The van der Waals surface area contributed by atoms with Gasteiger partial charge in [-0.25, -0.2) is 4.79 Å². The van der Waals surface area contributed by atoms with Crippen LogP contribution in [-0.4, -0.2) is 31.6 Å². The highest BCUT2D eigenvalue weighted by molar-refractivity contribution is 5.95. The zero-order chi connectivity index (χ0) is 18.9. The molecule has 0 unspecified atom stereocenters. The summed E-state index contributed by atoms with van der Waals surface area (Å²) in [7, 11) is 0. The summed E-state index contributed by atoms with van der Waals surface area (Å²) in [6.45, 7) is 5.53. The van der Waals surface area contributed by atoms with Crippen LogP contribution in [0, 0.1) is 11.3 Å². The van der Waals surface area contributed by atoms with Gasteiger partial charge in [-0.3, -0.25) is 4.79 Å². The molecule has 6 heteroatoms. The van der Waals surface area contributed by atoms with E-state index in [0.717, 1.165) is 18.8 Å². The molecule has 0 saturated heterocycles. The molecule has 1 amide bonds. The van der Waals surface area contributed by atoms with Crippen molar-refractivity contribution in [3.63, 3.8) is 0 Å². The third-order valence-corrected chi connectivity index (χ3v) is 3.86. The van der Waals surface area contributed by atoms with E-state index in [1.165, 1.54) is 0 Å². The highest BCUT2D eigenvalue weighted by Crippen LogP contribution is 2.15. The molecule has 0 aliphatic heterocycles. The number of nitrogens with one attached hydrogen (secondary N) is 1. The van der Waals surface area contributed by atoms with E-state index in [1.54, 1.807) is 36.4 Å². The molecule has 0 fully saturated rings. The van der Waals surface area contributed by atoms with Crippen LogP contribution in [0.15, 0.2) is 48.5 Å². The Labute approximate surface area is 153 Å². The molecule has 0 heterocycles. The average molecular weight is 351 g/mol. The monoisotopic (exact) mass is 351 g/mol. The van der Waals surface area contributed by atoms with Gasteiger partial charge in [-0.2, -0.15) is 5.26 Å². The summed E-state index contributed by atoms with van der Waals surface area (Å²) in [6, 6.07) is 15.5. The van der Waals surface area contributed by atoms with Gasteiger partial charge in [0.15, 0.2) is 6.61 Å². The van der Waals surface area contributed by atoms with E-state index in [4.69, 9.17) is 10.00 Å². The van der Waals surface area contributed by atoms with Crippen LogP contribution in [0.1, 0.15) is 29.8 Å². The predicted octanol–water partition coefficient (Wildman–Crippen LogP) is 3.20. The van der Waals surface area contributed by atoms with E-state index in [1.807, 2.05) is 18.2 Å². The molecule has 134 valence electrons. The van der Waals surface area contributed by atoms with Crippen molar-refractivity contribution < 1.29 is 14.3 Å². The molecular formula is C20H21N3O3. The zero-order valence-electron chi connectivity index (χ0n) is 14.9. The highest BCUT2D eigenvalue weighted by atomic mass is 16.5. The second kappa shape index (κ2) is 9.23. The van der Waals surface area contributed by atoms with Gasteiger partial charge in [-0.1, -0.05) is 0 Å². The van der Waals surface area contributed by atoms with Crippen LogP contribution in [0.5, 0.6) is 0 Å². The van der Waals surface area contributed by atoms with Crippen LogP contribution >= 0.6 is 0 Å². The fourth-order valence-electron chi connectivity index (χ4n) is 2.44. The van der Waals surface area contributed by atoms with E-state index < -0.39 is 11.9 Å². The Balaban J connectivity index is 1.87. The number of rotatable bonds is 7. The van der Waals surface area contributed by atoms with Crippen LogP contribution < -0.4 is 10.2 Å². The van der Waals surface area contributed by atoms with Gasteiger partial charge in [0.1, 0.15) is 0 Å². The number of hydrogen-bond donors (Lipinski definition) is 1. The van der Waals surface area contributed by atoms with Gasteiger partial charge in [0.2, 0.25) is 0 Å². The third-order valence-electron chi connectivity index (χ3n) is 3.86. The minimum atomic E-state index is -0.550. The quantitative estimate of drug-likeness (QED) is 0.775. The number of carbonyl (C=O) groups is 2. The first-order valence-corrected chi connectivity index (χ1v) is 8.39. The van der Waals surface area contributed by atoms with Gasteiger partial charge in [0.25, 0.3) is 5.91 Å². The first kappa shape index (κ1) is 19.0. The van der Waals surface area contributed by atoms with Crippen molar-refractivity contribution in [2.24, 2.45) is 0 Å². The maximum absolute atomic E-state index is 12.1. The lowest BCUT2D eigenvalue weighted by Crippen LogP contribution is -2.22. The van der Waals surface area contributed by atoms with Gasteiger partial charge >= 0.3 is 5.97 Å². The summed E-state index contributed by atoms with van der Waals surface area (Å²) >= 11 is 0. The van der Waals surface area contributed by atoms with Crippen LogP contribution in [-0.2, 0) is 9.53 Å². The molecule has 0 atom stereocenters. The number of ether oxygens (including phenoxy) is 1. The van der Waals surface area contributed by atoms with Crippen LogP contribution in [0.3, 0.4) is 0 Å². The third kappa shape index (κ3) is 5.08. The first-order valence-electron chi connectivity index (χ1n) is 8.39. The standard InChI is InChI=1S/C20H21N3O3/c1-3-23(4-2)18-11-7-16(8-12-18)20(25)26-14-19(24)22-17-9-5-15(13-21)6-10-17/h5-12H,3-4,14H2,1-2H3,(H,22,24). The normalized spacial score (nSPS) is 9.88. The van der Waals surface area contributed by atoms with Crippen molar-refractivity contribution in [3.8, 4) is 6.07 Å². The van der Waals surface area contributed by atoms with Crippen LogP contribution in [0.25, 0.3) is 0 Å². The van der Waals surface area contributed by atoms with Gasteiger partial charge in [0, 0.05) is 24.5 Å². The number of nitriles is 1. The molecule has 0 aliphatic rings. The average Bonchev–Trinajstić information content (AvgIpc) is 2.68. The summed E-state index contributed by atoms with van der Waals surface area (Å²) in [4.78, 5) is 26.1. The number of carbonyl (C=O) groups excluding carboxylic acids is 2. The lowest BCUT2D eigenvalue weighted by molar-refractivity contribution is -0.119. The number of hydrogen-bond acceptors (Lipinski definition) is 5. The molecular weight excluding hydrogens is 330 g/mol. The van der Waals surface area contributed by atoms with E-state index in [-0.39, 0.29) is 6.61 Å². The number of anilines is 2. The van der Waals surface area contributed by atoms with E-state index >= 15 is 0 Å². The van der Waals surface area contributed by atoms with Gasteiger partial charge in [0.05, 0.1) is 17.2 Å². The summed E-state index contributed by atoms with van der Waals surface area (Å²) in [5.41, 5.74) is 2.47. The maximum atomic E-state index is 12.1. The predicted molar refractivity (Wildman–Crippen MR) is 100 cm³/mol. The minimum absolute atomic E-state index is 0.378. The van der Waals surface area contributed by atoms with Crippen molar-refractivity contribution in [2.75, 3.05) is 29.9 Å². The summed E-state index contributed by atoms with van der Waals surface area (Å²) in [6.07, 6.45) is 0. The SMILES string of the molecule is CCN(CC)c1ccc(C(=O)OCC(=O)Nc2ccc(C#N)cc2)cc1. The van der Waals surface area contributed by atoms with Crippen molar-refractivity contribution in [1.82, 2.24) is 0 Å². The Morgan fingerprint density at radius 1 is 1.04 bits per heavy atom. The van der Waals surface area contributed by atoms with Crippen molar-refractivity contribution in [3.05, 3.63) is 59.7 Å². The van der Waals surface area contributed by atoms with Crippen molar-refractivity contribution >= 4 is 23.3 Å². The molecule has 1 N–H and O–H groups in total. The first-order chi connectivity index (χ1) is 12.6. The number of amides is 1. The molecule has 0 saturated carbocycles. The minimum Gasteiger partial charge on any atom is -0.452 e. The van der Waals surface area contributed by atoms with Crippen LogP contribution in [0.2, 0.25) is 0 Å². The molecule has 0 radical (unpaired) electrons. The van der Waals surface area contributed by atoms with Gasteiger partial charge in [-0.15, -0.1) is 0 Å². The lowest BCUT2D eigenvalue weighted by atomic mass is 10.2. The molecule has 0 spiro atoms. The Hall–Kier alpha value is -3.33. The highest BCUT2D eigenvalue weighted by Gasteiger charge is 2.11. The molecule has 2 rings (SSSR count). The Bertz CT molecular complexity index is 789. The number of nitrogens with zero attached hydrogens (tertiary/aromatic N) is 2. The Morgan fingerprint density at radius 2 is 1.65 bits per heavy atom. The van der Waals surface area contributed by atoms with E-state index in [0.29, 0.717) is 16.8 Å². The second-order valence-corrected chi connectivity index (χ2v) is 5.53. The van der Waals surface area contributed by atoms with Crippen LogP contribution in [0.4, 0.5) is 11.4 Å². The largest absolute Gasteiger partial charge is 0.452 e. The van der Waals surface area contributed by atoms with Gasteiger partial charge < -0.3 is 15.0 Å². The lowest BCUT2D eigenvalue weighted by Gasteiger charge is -2.20. The number of benzene rings is 2. The van der Waals surface area contributed by atoms with E-state index in [2.05, 4.69) is 24.1 Å². The smallest absolute Gasteiger partial charge is 0.338 e. The zero-order valence-corrected chi connectivity index (χ0v) is 14.9. The molecule has 0 bridgehead atoms. The van der Waals surface area contributed by atoms with Crippen molar-refractivity contribution in [2.45, 2.75) is 13.8 Å². The van der Waals surface area contributed by atoms with Gasteiger partial charge in [-0.05, 0) is 62.4 Å². The number of esters is 1. The second-order valence-electron chi connectivity index (χ2n) is 5.53. The summed E-state index contributed by atoms with van der Waals surface area (Å²) in [5.74, 6) is -0.992. The summed E-state index contributed by atoms with van der Waals surface area (Å²) < 4.78 is 5.04. The van der Waals surface area contributed by atoms with Crippen molar-refractivity contribution in [1.29, 1.82) is 5.26 Å². The fraction of sp³-hybridized carbons (Fsp3) is 0.250. The summed E-state index contributed by atoms with van der Waals surface area (Å²) in [5, 5.41) is 11.3. The molecule has 2 aromatic rings.